The van der Waals surface area contributed by atoms with Crippen LogP contribution in [0, 0.1) is 0 Å². The molecule has 0 saturated carbocycles. The largest absolute Gasteiger partial charge is 0.418 e. The molecule has 2 rings (SSSR count). The van der Waals surface area contributed by atoms with Gasteiger partial charge in [-0.3, -0.25) is 4.98 Å². The second-order valence-corrected chi connectivity index (χ2v) is 4.96. The van der Waals surface area contributed by atoms with E-state index in [1.54, 1.807) is 0 Å². The first-order valence-corrected chi connectivity index (χ1v) is 6.26. The molecule has 20 heavy (non-hydrogen) atoms. The molecule has 3 nitrogen and oxygen atoms in total. The second-order valence-electron chi connectivity index (χ2n) is 4.53. The van der Waals surface area contributed by atoms with Gasteiger partial charge in [-0.1, -0.05) is 11.6 Å². The fourth-order valence-corrected chi connectivity index (χ4v) is 2.53. The van der Waals surface area contributed by atoms with Crippen LogP contribution in [0.1, 0.15) is 24.1 Å². The van der Waals surface area contributed by atoms with Gasteiger partial charge in [0, 0.05) is 19.9 Å². The highest BCUT2D eigenvalue weighted by Crippen LogP contribution is 2.40. The molecule has 1 atom stereocenters. The molecule has 1 N–H and O–H groups in total. The zero-order valence-electron chi connectivity index (χ0n) is 10.8. The quantitative estimate of drug-likeness (QED) is 0.902. The average molecular weight is 331 g/mol. The van der Waals surface area contributed by atoms with Gasteiger partial charge in [-0.15, -0.1) is 12.4 Å². The molecule has 0 spiro atoms. The van der Waals surface area contributed by atoms with E-state index in [9.17, 15) is 13.2 Å². The summed E-state index contributed by atoms with van der Waals surface area (Å²) in [5.74, 6) is 0. The Kier molecular flexibility index (Phi) is 5.66. The number of halogens is 5. The van der Waals surface area contributed by atoms with E-state index in [0.717, 1.165) is 19.0 Å². The van der Waals surface area contributed by atoms with Gasteiger partial charge < -0.3 is 10.1 Å². The molecule has 0 amide bonds. The van der Waals surface area contributed by atoms with Crippen molar-refractivity contribution in [3.05, 3.63) is 28.5 Å². The number of hydrogen-bond acceptors (Lipinski definition) is 3. The maximum Gasteiger partial charge on any atom is 0.418 e. The van der Waals surface area contributed by atoms with E-state index in [-0.39, 0.29) is 23.1 Å². The van der Waals surface area contributed by atoms with Gasteiger partial charge in [0.2, 0.25) is 0 Å². The number of rotatable bonds is 2. The van der Waals surface area contributed by atoms with E-state index in [1.165, 1.54) is 13.3 Å². The summed E-state index contributed by atoms with van der Waals surface area (Å²) in [7, 11) is 1.41. The predicted molar refractivity (Wildman–Crippen MR) is 72.3 cm³/mol. The monoisotopic (exact) mass is 330 g/mol. The van der Waals surface area contributed by atoms with E-state index < -0.39 is 17.3 Å². The zero-order valence-corrected chi connectivity index (χ0v) is 12.3. The maximum absolute atomic E-state index is 13.1. The number of aromatic nitrogens is 1. The van der Waals surface area contributed by atoms with Crippen molar-refractivity contribution in [1.82, 2.24) is 10.3 Å². The third-order valence-corrected chi connectivity index (χ3v) is 3.53. The van der Waals surface area contributed by atoms with E-state index in [2.05, 4.69) is 10.3 Å². The first-order chi connectivity index (χ1) is 8.89. The Hall–Kier alpha value is -0.560. The fourth-order valence-electron chi connectivity index (χ4n) is 2.37. The van der Waals surface area contributed by atoms with Crippen molar-refractivity contribution in [2.24, 2.45) is 0 Å². The minimum atomic E-state index is -4.50. The number of methoxy groups -OCH3 is 1. The van der Waals surface area contributed by atoms with Crippen LogP contribution < -0.4 is 5.32 Å². The van der Waals surface area contributed by atoms with Gasteiger partial charge in [0.05, 0.1) is 16.3 Å². The minimum Gasteiger partial charge on any atom is -0.371 e. The van der Waals surface area contributed by atoms with E-state index in [4.69, 9.17) is 16.3 Å². The summed E-state index contributed by atoms with van der Waals surface area (Å²) < 4.78 is 44.7. The van der Waals surface area contributed by atoms with Crippen molar-refractivity contribution >= 4 is 24.0 Å². The highest BCUT2D eigenvalue weighted by atomic mass is 35.5. The lowest BCUT2D eigenvalue weighted by molar-refractivity contribution is -0.142. The molecular formula is C12H15Cl2F3N2O. The highest BCUT2D eigenvalue weighted by Gasteiger charge is 2.44. The molecule has 1 aromatic rings. The number of pyridine rings is 1. The Balaban J connectivity index is 0.00000200. The number of piperidine rings is 1. The number of ether oxygens (including phenoxy) is 1. The molecule has 114 valence electrons. The summed E-state index contributed by atoms with van der Waals surface area (Å²) in [5, 5.41) is 3.02. The van der Waals surface area contributed by atoms with Crippen molar-refractivity contribution in [3.63, 3.8) is 0 Å². The standard InChI is InChI=1S/C12H14ClF3N2O.ClH/c1-19-11(3-2-4-17-7-11)10-9(12(14,15)16)5-8(13)6-18-10;/h5-6,17H,2-4,7H2,1H3;1H. The Bertz CT molecular complexity index is 463. The Morgan fingerprint density at radius 1 is 1.45 bits per heavy atom. The van der Waals surface area contributed by atoms with Crippen LogP contribution in [0.5, 0.6) is 0 Å². The number of alkyl halides is 3. The number of nitrogens with zero attached hydrogens (tertiary/aromatic N) is 1. The van der Waals surface area contributed by atoms with Crippen molar-refractivity contribution < 1.29 is 17.9 Å². The molecule has 1 aromatic heterocycles. The minimum absolute atomic E-state index is 0. The molecule has 1 aliphatic rings. The van der Waals surface area contributed by atoms with Gasteiger partial charge in [-0.2, -0.15) is 13.2 Å². The first kappa shape index (κ1) is 17.5. The van der Waals surface area contributed by atoms with Crippen LogP contribution in [0.15, 0.2) is 12.3 Å². The molecule has 1 aliphatic heterocycles. The van der Waals surface area contributed by atoms with Gasteiger partial charge in [-0.25, -0.2) is 0 Å². The third kappa shape index (κ3) is 3.36. The molecule has 0 bridgehead atoms. The SMILES string of the molecule is COC1(c2ncc(Cl)cc2C(F)(F)F)CCCNC1.Cl. The summed E-state index contributed by atoms with van der Waals surface area (Å²) >= 11 is 5.63. The fraction of sp³-hybridized carbons (Fsp3) is 0.583. The zero-order chi connectivity index (χ0) is 14.1. The van der Waals surface area contributed by atoms with Gasteiger partial charge in [0.25, 0.3) is 0 Å². The molecule has 0 radical (unpaired) electrons. The van der Waals surface area contributed by atoms with Gasteiger partial charge in [0.1, 0.15) is 5.60 Å². The molecule has 0 aromatic carbocycles. The Labute approximate surface area is 126 Å². The molecule has 8 heteroatoms. The first-order valence-electron chi connectivity index (χ1n) is 5.88. The molecular weight excluding hydrogens is 316 g/mol. The Morgan fingerprint density at radius 3 is 2.65 bits per heavy atom. The van der Waals surface area contributed by atoms with Gasteiger partial charge in [-0.05, 0) is 25.5 Å². The van der Waals surface area contributed by atoms with Gasteiger partial charge >= 0.3 is 6.18 Å². The van der Waals surface area contributed by atoms with Crippen LogP contribution in [0.4, 0.5) is 13.2 Å². The van der Waals surface area contributed by atoms with Crippen LogP contribution in [0.3, 0.4) is 0 Å². The second kappa shape index (κ2) is 6.47. The van der Waals surface area contributed by atoms with Crippen molar-refractivity contribution in [2.45, 2.75) is 24.6 Å². The summed E-state index contributed by atoms with van der Waals surface area (Å²) in [6.45, 7) is 1.07. The normalized spacial score (nSPS) is 23.2. The summed E-state index contributed by atoms with van der Waals surface area (Å²) in [6.07, 6.45) is -2.05. The van der Waals surface area contributed by atoms with Crippen molar-refractivity contribution in [3.8, 4) is 0 Å². The van der Waals surface area contributed by atoms with Gasteiger partial charge in [0.15, 0.2) is 0 Å². The summed E-state index contributed by atoms with van der Waals surface area (Å²) in [4.78, 5) is 3.89. The topological polar surface area (TPSA) is 34.1 Å². The number of nitrogens with one attached hydrogen (secondary N) is 1. The molecule has 0 aliphatic carbocycles. The lowest BCUT2D eigenvalue weighted by Crippen LogP contribution is -2.46. The summed E-state index contributed by atoms with van der Waals surface area (Å²) in [5.41, 5.74) is -1.97. The van der Waals surface area contributed by atoms with Crippen LogP contribution >= 0.6 is 24.0 Å². The van der Waals surface area contributed by atoms with Crippen LogP contribution in [-0.2, 0) is 16.5 Å². The van der Waals surface area contributed by atoms with Crippen molar-refractivity contribution in [1.29, 1.82) is 0 Å². The highest BCUT2D eigenvalue weighted by molar-refractivity contribution is 6.30. The summed E-state index contributed by atoms with van der Waals surface area (Å²) in [6, 6.07) is 0.902. The van der Waals surface area contributed by atoms with Crippen LogP contribution in [0.2, 0.25) is 5.02 Å². The molecule has 1 fully saturated rings. The van der Waals surface area contributed by atoms with E-state index in [0.29, 0.717) is 13.0 Å². The molecule has 1 unspecified atom stereocenters. The smallest absolute Gasteiger partial charge is 0.371 e. The lowest BCUT2D eigenvalue weighted by Gasteiger charge is -2.37. The predicted octanol–water partition coefficient (Wildman–Crippen LogP) is 3.40. The molecule has 2 heterocycles. The average Bonchev–Trinajstić information content (AvgIpc) is 2.38. The van der Waals surface area contributed by atoms with Crippen LogP contribution in [0.25, 0.3) is 0 Å². The molecule has 1 saturated heterocycles. The third-order valence-electron chi connectivity index (χ3n) is 3.33. The maximum atomic E-state index is 13.1. The van der Waals surface area contributed by atoms with Crippen LogP contribution in [-0.4, -0.2) is 25.2 Å². The number of hydrogen-bond donors (Lipinski definition) is 1. The van der Waals surface area contributed by atoms with Crippen molar-refractivity contribution in [2.75, 3.05) is 20.2 Å². The lowest BCUT2D eigenvalue weighted by atomic mass is 9.87. The Morgan fingerprint density at radius 2 is 2.15 bits per heavy atom. The van der Waals surface area contributed by atoms with E-state index >= 15 is 0 Å². The van der Waals surface area contributed by atoms with E-state index in [1.807, 2.05) is 0 Å².